The molecule has 1 fully saturated rings. The van der Waals surface area contributed by atoms with Gasteiger partial charge in [0.1, 0.15) is 0 Å². The van der Waals surface area contributed by atoms with Crippen LogP contribution in [-0.2, 0) is 26.8 Å². The van der Waals surface area contributed by atoms with Crippen molar-refractivity contribution in [1.82, 2.24) is 8.61 Å². The molecule has 148 valence electrons. The van der Waals surface area contributed by atoms with E-state index in [2.05, 4.69) is 5.32 Å². The molecule has 2 aromatic carbocycles. The number of hydrogen-bond donors (Lipinski definition) is 1. The van der Waals surface area contributed by atoms with E-state index in [1.165, 1.54) is 22.7 Å². The summed E-state index contributed by atoms with van der Waals surface area (Å²) in [5.41, 5.74) is 2.00. The van der Waals surface area contributed by atoms with Gasteiger partial charge in [-0.2, -0.15) is 17.0 Å². The first-order valence-corrected chi connectivity index (χ1v) is 10.9. The number of carbonyl (C=O) groups is 1. The monoisotopic (exact) mass is 399 g/mol. The Hall–Kier alpha value is -2.22. The van der Waals surface area contributed by atoms with Crippen LogP contribution in [-0.4, -0.2) is 49.6 Å². The maximum atomic E-state index is 13.2. The summed E-state index contributed by atoms with van der Waals surface area (Å²) in [5.74, 6) is -0.0942. The van der Waals surface area contributed by atoms with Crippen LogP contribution in [0.15, 0.2) is 54.6 Å². The number of nitrogens with zero attached hydrogens (tertiary/aromatic N) is 2. The summed E-state index contributed by atoms with van der Waals surface area (Å²) in [6, 6.07) is 17.2. The fourth-order valence-corrected chi connectivity index (χ4v) is 5.94. The molecule has 2 aliphatic rings. The molecule has 0 radical (unpaired) electrons. The largest absolute Gasteiger partial charge is 0.325 e. The van der Waals surface area contributed by atoms with Crippen molar-refractivity contribution in [2.24, 2.45) is 0 Å². The number of aryl methyl sites for hydroxylation is 1. The molecule has 28 heavy (non-hydrogen) atoms. The summed E-state index contributed by atoms with van der Waals surface area (Å²) in [6.07, 6.45) is 1.78. The predicted octanol–water partition coefficient (Wildman–Crippen LogP) is 2.39. The third kappa shape index (κ3) is 2.85. The minimum atomic E-state index is -3.63. The van der Waals surface area contributed by atoms with E-state index < -0.39 is 21.7 Å². The zero-order valence-electron chi connectivity index (χ0n) is 16.1. The third-order valence-electron chi connectivity index (χ3n) is 6.01. The van der Waals surface area contributed by atoms with E-state index in [-0.39, 0.29) is 5.91 Å². The van der Waals surface area contributed by atoms with Gasteiger partial charge in [-0.05, 0) is 36.5 Å². The third-order valence-corrected chi connectivity index (χ3v) is 7.96. The van der Waals surface area contributed by atoms with Gasteiger partial charge in [0.25, 0.3) is 10.2 Å². The van der Waals surface area contributed by atoms with Crippen molar-refractivity contribution < 1.29 is 13.2 Å². The molecule has 4 rings (SSSR count). The highest BCUT2D eigenvalue weighted by Gasteiger charge is 2.59. The van der Waals surface area contributed by atoms with E-state index >= 15 is 0 Å². The first kappa shape index (κ1) is 19.1. The van der Waals surface area contributed by atoms with Crippen LogP contribution in [0.4, 0.5) is 5.69 Å². The first-order valence-electron chi connectivity index (χ1n) is 9.51. The van der Waals surface area contributed by atoms with Crippen molar-refractivity contribution in [2.75, 3.05) is 26.0 Å². The van der Waals surface area contributed by atoms with E-state index in [4.69, 9.17) is 0 Å². The summed E-state index contributed by atoms with van der Waals surface area (Å²) in [4.78, 5) is 13.2. The Morgan fingerprint density at radius 1 is 1.11 bits per heavy atom. The normalized spacial score (nSPS) is 24.7. The highest BCUT2D eigenvalue weighted by molar-refractivity contribution is 7.86. The predicted molar refractivity (Wildman–Crippen MR) is 109 cm³/mol. The van der Waals surface area contributed by atoms with E-state index in [9.17, 15) is 13.2 Å². The summed E-state index contributed by atoms with van der Waals surface area (Å²) in [5, 5.41) is 2.99. The van der Waals surface area contributed by atoms with Gasteiger partial charge >= 0.3 is 0 Å². The minimum absolute atomic E-state index is 0.0942. The van der Waals surface area contributed by atoms with Crippen molar-refractivity contribution in [1.29, 1.82) is 0 Å². The quantitative estimate of drug-likeness (QED) is 0.839. The lowest BCUT2D eigenvalue weighted by Crippen LogP contribution is -2.51. The number of hydrogen-bond acceptors (Lipinski definition) is 3. The number of rotatable bonds is 5. The van der Waals surface area contributed by atoms with Crippen molar-refractivity contribution in [3.05, 3.63) is 65.7 Å². The van der Waals surface area contributed by atoms with E-state index in [0.717, 1.165) is 16.8 Å². The molecule has 1 N–H and O–H groups in total. The molecule has 1 amide bonds. The van der Waals surface area contributed by atoms with Crippen molar-refractivity contribution >= 4 is 21.8 Å². The molecule has 0 aromatic heterocycles. The highest BCUT2D eigenvalue weighted by Crippen LogP contribution is 2.50. The summed E-state index contributed by atoms with van der Waals surface area (Å²) in [6.45, 7) is 0.335. The molecule has 0 unspecified atom stereocenters. The lowest BCUT2D eigenvalue weighted by Gasteiger charge is -2.34. The molecule has 0 saturated carbocycles. The standard InChI is InChI=1S/C21H25N3O3S/c1-23(2)28(26,27)24-15-14-21(17-10-6-7-11-18(17)22-20(21)25)19(24)13-12-16-8-4-3-5-9-16/h3-11,19H,12-15H2,1-2H3,(H,22,25)/t19-,21-/m0/s1. The smallest absolute Gasteiger partial charge is 0.281 e. The zero-order chi connectivity index (χ0) is 19.9. The maximum Gasteiger partial charge on any atom is 0.281 e. The maximum absolute atomic E-state index is 13.2. The SMILES string of the molecule is CN(C)S(=O)(=O)N1CC[C@@]2(C(=O)Nc3ccccc32)[C@@H]1CCc1ccccc1. The van der Waals surface area contributed by atoms with Crippen LogP contribution in [0, 0.1) is 0 Å². The number of amides is 1. The topological polar surface area (TPSA) is 69.7 Å². The second-order valence-electron chi connectivity index (χ2n) is 7.66. The van der Waals surface area contributed by atoms with Gasteiger partial charge in [0.05, 0.1) is 5.41 Å². The Kier molecular flexibility index (Phi) is 4.77. The molecular formula is C21H25N3O3S. The van der Waals surface area contributed by atoms with Crippen LogP contribution in [0.3, 0.4) is 0 Å². The van der Waals surface area contributed by atoms with Gasteiger partial charge in [-0.1, -0.05) is 48.5 Å². The van der Waals surface area contributed by atoms with Crippen LogP contribution >= 0.6 is 0 Å². The Labute approximate surface area is 166 Å². The van der Waals surface area contributed by atoms with Gasteiger partial charge in [0, 0.05) is 32.4 Å². The molecule has 2 atom stereocenters. The van der Waals surface area contributed by atoms with Gasteiger partial charge in [-0.3, -0.25) is 4.79 Å². The number of nitrogens with one attached hydrogen (secondary N) is 1. The molecular weight excluding hydrogens is 374 g/mol. The van der Waals surface area contributed by atoms with Crippen molar-refractivity contribution in [3.63, 3.8) is 0 Å². The summed E-state index contributed by atoms with van der Waals surface area (Å²) < 4.78 is 28.8. The average Bonchev–Trinajstić information content (AvgIpc) is 3.21. The molecule has 2 aromatic rings. The Morgan fingerprint density at radius 3 is 2.50 bits per heavy atom. The van der Waals surface area contributed by atoms with Crippen LogP contribution in [0.25, 0.3) is 0 Å². The Bertz CT molecular complexity index is 991. The van der Waals surface area contributed by atoms with Crippen LogP contribution in [0.1, 0.15) is 24.0 Å². The van der Waals surface area contributed by atoms with Gasteiger partial charge in [0.15, 0.2) is 0 Å². The van der Waals surface area contributed by atoms with E-state index in [1.54, 1.807) is 0 Å². The second-order valence-corrected chi connectivity index (χ2v) is 9.76. The minimum Gasteiger partial charge on any atom is -0.325 e. The molecule has 7 heteroatoms. The molecule has 6 nitrogen and oxygen atoms in total. The lowest BCUT2D eigenvalue weighted by atomic mass is 9.73. The molecule has 2 heterocycles. The van der Waals surface area contributed by atoms with Crippen molar-refractivity contribution in [2.45, 2.75) is 30.7 Å². The number of para-hydroxylation sites is 1. The highest BCUT2D eigenvalue weighted by atomic mass is 32.2. The molecule has 0 aliphatic carbocycles. The van der Waals surface area contributed by atoms with Crippen LogP contribution in [0.2, 0.25) is 0 Å². The van der Waals surface area contributed by atoms with Crippen LogP contribution in [0.5, 0.6) is 0 Å². The number of fused-ring (bicyclic) bond motifs is 2. The Morgan fingerprint density at radius 2 is 1.79 bits per heavy atom. The molecule has 1 spiro atoms. The van der Waals surface area contributed by atoms with Gasteiger partial charge in [-0.15, -0.1) is 0 Å². The fourth-order valence-electron chi connectivity index (χ4n) is 4.60. The number of benzene rings is 2. The van der Waals surface area contributed by atoms with Gasteiger partial charge in [-0.25, -0.2) is 0 Å². The number of anilines is 1. The zero-order valence-corrected chi connectivity index (χ0v) is 16.9. The van der Waals surface area contributed by atoms with Crippen LogP contribution < -0.4 is 5.32 Å². The average molecular weight is 400 g/mol. The number of carbonyl (C=O) groups excluding carboxylic acids is 1. The molecule has 1 saturated heterocycles. The van der Waals surface area contributed by atoms with Gasteiger partial charge in [0.2, 0.25) is 5.91 Å². The lowest BCUT2D eigenvalue weighted by molar-refractivity contribution is -0.121. The fraction of sp³-hybridized carbons (Fsp3) is 0.381. The molecule has 0 bridgehead atoms. The second kappa shape index (κ2) is 6.99. The van der Waals surface area contributed by atoms with Gasteiger partial charge < -0.3 is 5.32 Å². The summed E-state index contributed by atoms with van der Waals surface area (Å²) in [7, 11) is -0.555. The van der Waals surface area contributed by atoms with E-state index in [1.807, 2.05) is 54.6 Å². The van der Waals surface area contributed by atoms with E-state index in [0.29, 0.717) is 25.8 Å². The molecule has 2 aliphatic heterocycles. The Balaban J connectivity index is 1.77. The van der Waals surface area contributed by atoms with Crippen molar-refractivity contribution in [3.8, 4) is 0 Å². The first-order chi connectivity index (χ1) is 13.4. The summed E-state index contributed by atoms with van der Waals surface area (Å²) >= 11 is 0.